The zero-order valence-electron chi connectivity index (χ0n) is 13.5. The Bertz CT molecular complexity index is 450. The quantitative estimate of drug-likeness (QED) is 0.769. The van der Waals surface area contributed by atoms with E-state index in [1.54, 1.807) is 4.31 Å². The van der Waals surface area contributed by atoms with Gasteiger partial charge in [-0.15, -0.1) is 0 Å². The molecule has 7 heteroatoms. The molecule has 0 aromatic carbocycles. The Labute approximate surface area is 133 Å². The molecule has 2 saturated heterocycles. The maximum absolute atomic E-state index is 12.5. The highest BCUT2D eigenvalue weighted by Gasteiger charge is 2.33. The van der Waals surface area contributed by atoms with Gasteiger partial charge in [-0.25, -0.2) is 17.8 Å². The van der Waals surface area contributed by atoms with E-state index in [-0.39, 0.29) is 17.6 Å². The number of sulfonamides is 1. The van der Waals surface area contributed by atoms with Crippen LogP contribution in [-0.2, 0) is 19.7 Å². The highest BCUT2D eigenvalue weighted by molar-refractivity contribution is 7.89. The Kier molecular flexibility index (Phi) is 6.65. The van der Waals surface area contributed by atoms with Crippen molar-refractivity contribution in [3.63, 3.8) is 0 Å². The Morgan fingerprint density at radius 1 is 1.14 bits per heavy atom. The molecule has 0 aromatic rings. The van der Waals surface area contributed by atoms with Crippen molar-refractivity contribution in [1.29, 1.82) is 0 Å². The van der Waals surface area contributed by atoms with Gasteiger partial charge in [0.1, 0.15) is 0 Å². The van der Waals surface area contributed by atoms with Gasteiger partial charge in [-0.1, -0.05) is 13.3 Å². The largest absolute Gasteiger partial charge is 0.272 e. The zero-order valence-corrected chi connectivity index (χ0v) is 14.3. The molecular formula is C15H28N2O4S. The van der Waals surface area contributed by atoms with Crippen molar-refractivity contribution >= 4 is 15.9 Å². The second-order valence-electron chi connectivity index (χ2n) is 6.18. The van der Waals surface area contributed by atoms with Gasteiger partial charge in [0.05, 0.1) is 12.4 Å². The molecule has 0 spiro atoms. The third kappa shape index (κ3) is 4.67. The van der Waals surface area contributed by atoms with E-state index in [9.17, 15) is 13.2 Å². The predicted octanol–water partition coefficient (Wildman–Crippen LogP) is 1.77. The molecule has 0 atom stereocenters. The molecular weight excluding hydrogens is 304 g/mol. The van der Waals surface area contributed by atoms with E-state index in [1.165, 1.54) is 5.06 Å². The van der Waals surface area contributed by atoms with Crippen molar-refractivity contribution in [2.75, 3.05) is 32.0 Å². The first-order valence-corrected chi connectivity index (χ1v) is 10.1. The molecule has 0 radical (unpaired) electrons. The lowest BCUT2D eigenvalue weighted by molar-refractivity contribution is -0.189. The van der Waals surface area contributed by atoms with Crippen LogP contribution in [-0.4, -0.2) is 55.7 Å². The van der Waals surface area contributed by atoms with Crippen LogP contribution >= 0.6 is 0 Å². The number of hydrogen-bond acceptors (Lipinski definition) is 4. The fourth-order valence-corrected chi connectivity index (χ4v) is 4.67. The third-order valence-electron chi connectivity index (χ3n) is 4.45. The van der Waals surface area contributed by atoms with E-state index in [4.69, 9.17) is 4.84 Å². The first-order chi connectivity index (χ1) is 10.5. The summed E-state index contributed by atoms with van der Waals surface area (Å²) in [6.45, 7) is 4.16. The van der Waals surface area contributed by atoms with Gasteiger partial charge < -0.3 is 0 Å². The summed E-state index contributed by atoms with van der Waals surface area (Å²) in [6, 6.07) is 0. The van der Waals surface area contributed by atoms with E-state index in [1.807, 2.05) is 6.92 Å². The van der Waals surface area contributed by atoms with E-state index in [0.717, 1.165) is 25.7 Å². The van der Waals surface area contributed by atoms with Crippen LogP contribution in [0.1, 0.15) is 51.9 Å². The molecule has 2 aliphatic rings. The van der Waals surface area contributed by atoms with E-state index >= 15 is 0 Å². The summed E-state index contributed by atoms with van der Waals surface area (Å²) in [5.41, 5.74) is 0. The van der Waals surface area contributed by atoms with Gasteiger partial charge in [0.15, 0.2) is 0 Å². The highest BCUT2D eigenvalue weighted by atomic mass is 32.2. The minimum atomic E-state index is -3.15. The van der Waals surface area contributed by atoms with Crippen molar-refractivity contribution in [2.24, 2.45) is 5.92 Å². The standard InChI is InChI=1S/C15H28N2O4S/c1-2-3-13-22(19,20)16-10-7-14(8-11-16)15(18)17-9-5-4-6-12-21-17/h14H,2-13H2,1H3. The maximum Gasteiger partial charge on any atom is 0.249 e. The number of hydrogen-bond donors (Lipinski definition) is 0. The first kappa shape index (κ1) is 17.7. The van der Waals surface area contributed by atoms with Gasteiger partial charge in [0.25, 0.3) is 0 Å². The average molecular weight is 332 g/mol. The molecule has 2 fully saturated rings. The van der Waals surface area contributed by atoms with E-state index in [2.05, 4.69) is 0 Å². The Hall–Kier alpha value is -0.660. The van der Waals surface area contributed by atoms with Gasteiger partial charge in [0.2, 0.25) is 15.9 Å². The smallest absolute Gasteiger partial charge is 0.249 e. The Balaban J connectivity index is 1.84. The predicted molar refractivity (Wildman–Crippen MR) is 84.5 cm³/mol. The van der Waals surface area contributed by atoms with Crippen molar-refractivity contribution < 1.29 is 18.0 Å². The SMILES string of the molecule is CCCCS(=O)(=O)N1CCC(C(=O)N2CCCCCO2)CC1. The van der Waals surface area contributed by atoms with Crippen molar-refractivity contribution in [1.82, 2.24) is 9.37 Å². The molecule has 6 nitrogen and oxygen atoms in total. The van der Waals surface area contributed by atoms with Crippen molar-refractivity contribution in [3.8, 4) is 0 Å². The summed E-state index contributed by atoms with van der Waals surface area (Å²) in [5.74, 6) is 0.153. The minimum Gasteiger partial charge on any atom is -0.272 e. The topological polar surface area (TPSA) is 66.9 Å². The molecule has 2 rings (SSSR count). The van der Waals surface area contributed by atoms with Crippen LogP contribution in [0.4, 0.5) is 0 Å². The summed E-state index contributed by atoms with van der Waals surface area (Å²) in [7, 11) is -3.15. The summed E-state index contributed by atoms with van der Waals surface area (Å²) in [4.78, 5) is 18.0. The Morgan fingerprint density at radius 3 is 2.55 bits per heavy atom. The zero-order chi connectivity index (χ0) is 16.0. The lowest BCUT2D eigenvalue weighted by Gasteiger charge is -2.32. The van der Waals surface area contributed by atoms with Crippen LogP contribution < -0.4 is 0 Å². The second kappa shape index (κ2) is 8.26. The molecule has 0 saturated carbocycles. The van der Waals surface area contributed by atoms with E-state index in [0.29, 0.717) is 45.5 Å². The fourth-order valence-electron chi connectivity index (χ4n) is 2.99. The average Bonchev–Trinajstić information content (AvgIpc) is 2.81. The van der Waals surface area contributed by atoms with Gasteiger partial charge in [0, 0.05) is 25.6 Å². The summed E-state index contributed by atoms with van der Waals surface area (Å²) < 4.78 is 25.9. The monoisotopic (exact) mass is 332 g/mol. The van der Waals surface area contributed by atoms with Crippen molar-refractivity contribution in [2.45, 2.75) is 51.9 Å². The van der Waals surface area contributed by atoms with Crippen LogP contribution in [0.15, 0.2) is 0 Å². The fraction of sp³-hybridized carbons (Fsp3) is 0.933. The van der Waals surface area contributed by atoms with Gasteiger partial charge in [-0.2, -0.15) is 0 Å². The van der Waals surface area contributed by atoms with E-state index < -0.39 is 10.0 Å². The number of hydroxylamine groups is 2. The van der Waals surface area contributed by atoms with Crippen LogP contribution in [0.3, 0.4) is 0 Å². The van der Waals surface area contributed by atoms with Gasteiger partial charge >= 0.3 is 0 Å². The number of piperidine rings is 1. The normalized spacial score (nSPS) is 22.5. The third-order valence-corrected chi connectivity index (χ3v) is 6.41. The number of rotatable bonds is 5. The molecule has 1 amide bonds. The van der Waals surface area contributed by atoms with Gasteiger partial charge in [-0.05, 0) is 38.5 Å². The first-order valence-electron chi connectivity index (χ1n) is 8.46. The number of carbonyl (C=O) groups excluding carboxylic acids is 1. The molecule has 128 valence electrons. The van der Waals surface area contributed by atoms with Crippen LogP contribution in [0, 0.1) is 5.92 Å². The number of carbonyl (C=O) groups is 1. The number of unbranched alkanes of at least 4 members (excludes halogenated alkanes) is 1. The molecule has 0 bridgehead atoms. The van der Waals surface area contributed by atoms with Crippen LogP contribution in [0.2, 0.25) is 0 Å². The second-order valence-corrected chi connectivity index (χ2v) is 8.27. The van der Waals surface area contributed by atoms with Crippen molar-refractivity contribution in [3.05, 3.63) is 0 Å². The highest BCUT2D eigenvalue weighted by Crippen LogP contribution is 2.23. The lowest BCUT2D eigenvalue weighted by atomic mass is 9.97. The van der Waals surface area contributed by atoms with Gasteiger partial charge in [-0.3, -0.25) is 9.63 Å². The van der Waals surface area contributed by atoms with Crippen LogP contribution in [0.5, 0.6) is 0 Å². The molecule has 0 unspecified atom stereocenters. The number of amides is 1. The molecule has 0 aliphatic carbocycles. The minimum absolute atomic E-state index is 0.0347. The molecule has 22 heavy (non-hydrogen) atoms. The Morgan fingerprint density at radius 2 is 1.86 bits per heavy atom. The summed E-state index contributed by atoms with van der Waals surface area (Å²) >= 11 is 0. The molecule has 0 N–H and O–H groups in total. The number of nitrogens with zero attached hydrogens (tertiary/aromatic N) is 2. The van der Waals surface area contributed by atoms with Crippen LogP contribution in [0.25, 0.3) is 0 Å². The summed E-state index contributed by atoms with van der Waals surface area (Å²) in [5, 5.41) is 1.51. The molecule has 0 aromatic heterocycles. The molecule has 2 aliphatic heterocycles. The molecule has 2 heterocycles. The summed E-state index contributed by atoms with van der Waals surface area (Å²) in [6.07, 6.45) is 5.85. The lowest BCUT2D eigenvalue weighted by Crippen LogP contribution is -2.45. The maximum atomic E-state index is 12.5.